The SMILES string of the molecule is COC1=C(OC(O)CCCCCl)CC(N(C)c2cc(=O)oc3ccccc23)C=C1. The van der Waals surface area contributed by atoms with E-state index in [2.05, 4.69) is 0 Å². The van der Waals surface area contributed by atoms with E-state index >= 15 is 0 Å². The molecule has 0 saturated carbocycles. The molecule has 0 aliphatic heterocycles. The van der Waals surface area contributed by atoms with Crippen LogP contribution in [0.2, 0.25) is 0 Å². The first-order valence-electron chi connectivity index (χ1n) is 9.65. The molecule has 1 aliphatic carbocycles. The number of benzene rings is 1. The van der Waals surface area contributed by atoms with Gasteiger partial charge in [0.15, 0.2) is 12.0 Å². The Bertz CT molecular complexity index is 952. The van der Waals surface area contributed by atoms with Crippen molar-refractivity contribution in [3.05, 3.63) is 64.4 Å². The summed E-state index contributed by atoms with van der Waals surface area (Å²) in [6, 6.07) is 8.85. The Hall–Kier alpha value is -2.44. The van der Waals surface area contributed by atoms with E-state index in [0.717, 1.165) is 23.9 Å². The zero-order valence-corrected chi connectivity index (χ0v) is 17.4. The molecule has 0 amide bonds. The van der Waals surface area contributed by atoms with Gasteiger partial charge in [-0.25, -0.2) is 4.79 Å². The van der Waals surface area contributed by atoms with Crippen LogP contribution in [0.25, 0.3) is 11.0 Å². The number of ether oxygens (including phenoxy) is 2. The third kappa shape index (κ3) is 5.14. The quantitative estimate of drug-likeness (QED) is 0.285. The average molecular weight is 420 g/mol. The molecule has 1 aliphatic rings. The van der Waals surface area contributed by atoms with Gasteiger partial charge >= 0.3 is 5.63 Å². The minimum Gasteiger partial charge on any atom is -0.493 e. The van der Waals surface area contributed by atoms with Crippen molar-refractivity contribution in [2.75, 3.05) is 24.9 Å². The van der Waals surface area contributed by atoms with Crippen molar-refractivity contribution in [3.8, 4) is 0 Å². The van der Waals surface area contributed by atoms with E-state index in [1.54, 1.807) is 13.2 Å². The molecule has 2 unspecified atom stereocenters. The first kappa shape index (κ1) is 21.3. The minimum atomic E-state index is -0.916. The Morgan fingerprint density at radius 1 is 1.34 bits per heavy atom. The number of nitrogens with zero attached hydrogens (tertiary/aromatic N) is 1. The second-order valence-electron chi connectivity index (χ2n) is 6.94. The number of hydrogen-bond acceptors (Lipinski definition) is 6. The number of rotatable bonds is 9. The maximum atomic E-state index is 12.0. The number of hydrogen-bond donors (Lipinski definition) is 1. The number of aliphatic hydroxyl groups is 1. The lowest BCUT2D eigenvalue weighted by molar-refractivity contribution is -0.0774. The van der Waals surface area contributed by atoms with Crippen LogP contribution in [0.3, 0.4) is 0 Å². The van der Waals surface area contributed by atoms with Gasteiger partial charge in [-0.3, -0.25) is 0 Å². The predicted molar refractivity (Wildman–Crippen MR) is 114 cm³/mol. The Labute approximate surface area is 175 Å². The second-order valence-corrected chi connectivity index (χ2v) is 7.32. The van der Waals surface area contributed by atoms with Gasteiger partial charge in [0.2, 0.25) is 0 Å². The van der Waals surface area contributed by atoms with Crippen LogP contribution in [0.5, 0.6) is 0 Å². The van der Waals surface area contributed by atoms with Crippen LogP contribution in [0.4, 0.5) is 5.69 Å². The first-order chi connectivity index (χ1) is 14.0. The van der Waals surface area contributed by atoms with Crippen LogP contribution in [0, 0.1) is 0 Å². The van der Waals surface area contributed by atoms with E-state index < -0.39 is 11.9 Å². The molecule has 7 heteroatoms. The van der Waals surface area contributed by atoms with E-state index in [-0.39, 0.29) is 6.04 Å². The molecule has 1 aromatic heterocycles. The van der Waals surface area contributed by atoms with Gasteiger partial charge in [-0.15, -0.1) is 11.6 Å². The summed E-state index contributed by atoms with van der Waals surface area (Å²) in [5.41, 5.74) is 0.917. The van der Waals surface area contributed by atoms with Crippen molar-refractivity contribution in [2.45, 2.75) is 38.0 Å². The maximum absolute atomic E-state index is 12.0. The number of fused-ring (bicyclic) bond motifs is 1. The van der Waals surface area contributed by atoms with Crippen molar-refractivity contribution in [1.82, 2.24) is 0 Å². The van der Waals surface area contributed by atoms with Gasteiger partial charge < -0.3 is 23.9 Å². The molecule has 1 aromatic carbocycles. The van der Waals surface area contributed by atoms with Gasteiger partial charge in [-0.05, 0) is 31.1 Å². The van der Waals surface area contributed by atoms with Gasteiger partial charge in [0.1, 0.15) is 11.3 Å². The summed E-state index contributed by atoms with van der Waals surface area (Å²) in [5, 5.41) is 11.1. The fourth-order valence-corrected chi connectivity index (χ4v) is 3.59. The second kappa shape index (κ2) is 9.85. The fourth-order valence-electron chi connectivity index (χ4n) is 3.41. The molecule has 29 heavy (non-hydrogen) atoms. The molecule has 0 bridgehead atoms. The highest BCUT2D eigenvalue weighted by Gasteiger charge is 2.25. The molecule has 0 fully saturated rings. The lowest BCUT2D eigenvalue weighted by atomic mass is 10.0. The standard InChI is InChI=1S/C22H26ClNO5/c1-24(17-14-22(26)28-18-8-4-3-7-16(17)18)15-10-11-19(27-2)20(13-15)29-21(25)9-5-6-12-23/h3-4,7-8,10-11,14-15,21,25H,5-6,9,12-13H2,1-2H3. The fraction of sp³-hybridized carbons (Fsp3) is 0.409. The Kier molecular flexibility index (Phi) is 7.23. The highest BCUT2D eigenvalue weighted by molar-refractivity contribution is 6.17. The number of methoxy groups -OCH3 is 1. The lowest BCUT2D eigenvalue weighted by Crippen LogP contribution is -2.33. The molecule has 1 N–H and O–H groups in total. The van der Waals surface area contributed by atoms with Crippen molar-refractivity contribution in [3.63, 3.8) is 0 Å². The zero-order valence-electron chi connectivity index (χ0n) is 16.6. The van der Waals surface area contributed by atoms with Gasteiger partial charge in [-0.2, -0.15) is 0 Å². The summed E-state index contributed by atoms with van der Waals surface area (Å²) in [4.78, 5) is 14.0. The molecule has 0 radical (unpaired) electrons. The first-order valence-corrected chi connectivity index (χ1v) is 10.2. The zero-order chi connectivity index (χ0) is 20.8. The smallest absolute Gasteiger partial charge is 0.338 e. The number of anilines is 1. The van der Waals surface area contributed by atoms with E-state index in [1.807, 2.05) is 42.3 Å². The summed E-state index contributed by atoms with van der Waals surface area (Å²) in [6.07, 6.45) is 5.52. The van der Waals surface area contributed by atoms with Crippen LogP contribution >= 0.6 is 11.6 Å². The average Bonchev–Trinajstić information content (AvgIpc) is 2.72. The van der Waals surface area contributed by atoms with E-state index in [1.165, 1.54) is 6.07 Å². The Morgan fingerprint density at radius 3 is 2.90 bits per heavy atom. The number of halogens is 1. The monoisotopic (exact) mass is 419 g/mol. The van der Waals surface area contributed by atoms with Crippen molar-refractivity contribution < 1.29 is 19.0 Å². The summed E-state index contributed by atoms with van der Waals surface area (Å²) >= 11 is 5.69. The highest BCUT2D eigenvalue weighted by atomic mass is 35.5. The van der Waals surface area contributed by atoms with Crippen LogP contribution in [0.15, 0.2) is 63.2 Å². The third-order valence-corrected chi connectivity index (χ3v) is 5.24. The molecule has 0 saturated heterocycles. The minimum absolute atomic E-state index is 0.0795. The summed E-state index contributed by atoms with van der Waals surface area (Å²) in [5.74, 6) is 1.73. The summed E-state index contributed by atoms with van der Waals surface area (Å²) < 4.78 is 16.5. The number of allylic oxidation sites excluding steroid dienone is 1. The predicted octanol–water partition coefficient (Wildman–Crippen LogP) is 4.16. The number of para-hydroxylation sites is 1. The van der Waals surface area contributed by atoms with E-state index in [9.17, 15) is 9.90 Å². The van der Waals surface area contributed by atoms with Crippen LogP contribution in [0.1, 0.15) is 25.7 Å². The Balaban J connectivity index is 1.80. The molecular formula is C22H26ClNO5. The van der Waals surface area contributed by atoms with E-state index in [4.69, 9.17) is 25.5 Å². The van der Waals surface area contributed by atoms with Crippen LogP contribution in [-0.4, -0.2) is 37.5 Å². The topological polar surface area (TPSA) is 72.1 Å². The maximum Gasteiger partial charge on any atom is 0.338 e. The van der Waals surface area contributed by atoms with Crippen molar-refractivity contribution >= 4 is 28.3 Å². The van der Waals surface area contributed by atoms with Gasteiger partial charge in [0.25, 0.3) is 0 Å². The van der Waals surface area contributed by atoms with Gasteiger partial charge in [0.05, 0.1) is 18.8 Å². The van der Waals surface area contributed by atoms with Crippen molar-refractivity contribution in [1.29, 1.82) is 0 Å². The number of likely N-dealkylation sites (N-methyl/N-ethyl adjacent to an activating group) is 1. The molecule has 1 heterocycles. The third-order valence-electron chi connectivity index (χ3n) is 4.98. The summed E-state index contributed by atoms with van der Waals surface area (Å²) in [7, 11) is 3.49. The number of aliphatic hydroxyl groups excluding tert-OH is 1. The summed E-state index contributed by atoms with van der Waals surface area (Å²) in [6.45, 7) is 0. The molecule has 156 valence electrons. The molecule has 6 nitrogen and oxygen atoms in total. The number of alkyl halides is 1. The molecule has 2 aromatic rings. The van der Waals surface area contributed by atoms with Crippen molar-refractivity contribution in [2.24, 2.45) is 0 Å². The molecular weight excluding hydrogens is 394 g/mol. The molecule has 0 spiro atoms. The van der Waals surface area contributed by atoms with Gasteiger partial charge in [0, 0.05) is 37.2 Å². The van der Waals surface area contributed by atoms with Gasteiger partial charge in [-0.1, -0.05) is 18.2 Å². The van der Waals surface area contributed by atoms with Crippen LogP contribution < -0.4 is 10.5 Å². The number of unbranched alkanes of at least 4 members (excludes halogenated alkanes) is 1. The Morgan fingerprint density at radius 2 is 2.14 bits per heavy atom. The van der Waals surface area contributed by atoms with Crippen LogP contribution in [-0.2, 0) is 9.47 Å². The molecule has 3 rings (SSSR count). The molecule has 2 atom stereocenters. The highest BCUT2D eigenvalue weighted by Crippen LogP contribution is 2.31. The van der Waals surface area contributed by atoms with E-state index in [0.29, 0.717) is 35.8 Å². The lowest BCUT2D eigenvalue weighted by Gasteiger charge is -2.32. The normalized spacial score (nSPS) is 17.4. The largest absolute Gasteiger partial charge is 0.493 e.